The zero-order valence-corrected chi connectivity index (χ0v) is 10.1. The Labute approximate surface area is 102 Å². The minimum atomic E-state index is -0.157. The predicted octanol–water partition coefficient (Wildman–Crippen LogP) is 3.28. The first-order valence-electron chi connectivity index (χ1n) is 6.50. The summed E-state index contributed by atoms with van der Waals surface area (Å²) >= 11 is 0. The van der Waals surface area contributed by atoms with E-state index >= 15 is 0 Å². The van der Waals surface area contributed by atoms with Crippen molar-refractivity contribution in [2.45, 2.75) is 32.3 Å². The number of carbonyl (C=O) groups is 1. The smallest absolute Gasteiger partial charge is 0.338 e. The van der Waals surface area contributed by atoms with Crippen molar-refractivity contribution >= 4 is 5.97 Å². The molecule has 2 heteroatoms. The van der Waals surface area contributed by atoms with Crippen molar-refractivity contribution in [3.05, 3.63) is 35.9 Å². The number of benzene rings is 1. The van der Waals surface area contributed by atoms with Crippen LogP contribution in [0.4, 0.5) is 0 Å². The van der Waals surface area contributed by atoms with Gasteiger partial charge < -0.3 is 4.74 Å². The fourth-order valence-corrected chi connectivity index (χ4v) is 3.43. The predicted molar refractivity (Wildman–Crippen MR) is 65.6 cm³/mol. The highest BCUT2D eigenvalue weighted by molar-refractivity contribution is 5.89. The Balaban J connectivity index is 1.64. The van der Waals surface area contributed by atoms with Crippen LogP contribution in [0, 0.1) is 17.8 Å². The quantitative estimate of drug-likeness (QED) is 0.729. The number of hydrogen-bond acceptors (Lipinski definition) is 2. The standard InChI is InChI=1S/C15H18O2/c1-10-7-13-8-12(10)9-14(13)17-15(16)11-5-3-2-4-6-11/h2-6,10,12-14H,7-9H2,1H3. The lowest BCUT2D eigenvalue weighted by atomic mass is 9.89. The Kier molecular flexibility index (Phi) is 2.65. The Morgan fingerprint density at radius 3 is 2.47 bits per heavy atom. The maximum Gasteiger partial charge on any atom is 0.338 e. The van der Waals surface area contributed by atoms with E-state index < -0.39 is 0 Å². The van der Waals surface area contributed by atoms with Gasteiger partial charge in [-0.15, -0.1) is 0 Å². The van der Waals surface area contributed by atoms with Gasteiger partial charge in [-0.2, -0.15) is 0 Å². The van der Waals surface area contributed by atoms with E-state index in [1.165, 1.54) is 12.8 Å². The maximum atomic E-state index is 11.9. The molecule has 0 radical (unpaired) electrons. The molecule has 0 saturated heterocycles. The van der Waals surface area contributed by atoms with E-state index in [0.717, 1.165) is 18.3 Å². The number of hydrogen-bond donors (Lipinski definition) is 0. The van der Waals surface area contributed by atoms with Crippen molar-refractivity contribution in [1.29, 1.82) is 0 Å². The molecule has 3 rings (SSSR count). The van der Waals surface area contributed by atoms with Gasteiger partial charge in [0.25, 0.3) is 0 Å². The molecule has 2 aliphatic carbocycles. The number of esters is 1. The molecule has 90 valence electrons. The minimum Gasteiger partial charge on any atom is -0.458 e. The van der Waals surface area contributed by atoms with Gasteiger partial charge in [-0.05, 0) is 49.1 Å². The molecule has 4 unspecified atom stereocenters. The summed E-state index contributed by atoms with van der Waals surface area (Å²) in [7, 11) is 0. The van der Waals surface area contributed by atoms with Crippen LogP contribution >= 0.6 is 0 Å². The summed E-state index contributed by atoms with van der Waals surface area (Å²) in [6.45, 7) is 2.32. The average molecular weight is 230 g/mol. The highest BCUT2D eigenvalue weighted by atomic mass is 16.5. The van der Waals surface area contributed by atoms with Crippen LogP contribution < -0.4 is 0 Å². The molecule has 2 aliphatic rings. The van der Waals surface area contributed by atoms with E-state index in [2.05, 4.69) is 6.92 Å². The molecule has 4 atom stereocenters. The Morgan fingerprint density at radius 1 is 1.12 bits per heavy atom. The van der Waals surface area contributed by atoms with Crippen LogP contribution in [-0.2, 0) is 4.74 Å². The number of carbonyl (C=O) groups excluding carboxylic acids is 1. The third kappa shape index (κ3) is 1.97. The molecule has 1 aromatic rings. The molecule has 0 N–H and O–H groups in total. The second-order valence-corrected chi connectivity index (χ2v) is 5.51. The minimum absolute atomic E-state index is 0.157. The largest absolute Gasteiger partial charge is 0.458 e. The Morgan fingerprint density at radius 2 is 1.88 bits per heavy atom. The van der Waals surface area contributed by atoms with Gasteiger partial charge in [0.15, 0.2) is 0 Å². The van der Waals surface area contributed by atoms with E-state index in [4.69, 9.17) is 4.74 Å². The van der Waals surface area contributed by atoms with Gasteiger partial charge in [0, 0.05) is 0 Å². The summed E-state index contributed by atoms with van der Waals surface area (Å²) < 4.78 is 5.64. The van der Waals surface area contributed by atoms with E-state index in [-0.39, 0.29) is 12.1 Å². The van der Waals surface area contributed by atoms with Crippen molar-refractivity contribution in [1.82, 2.24) is 0 Å². The number of ether oxygens (including phenoxy) is 1. The fraction of sp³-hybridized carbons (Fsp3) is 0.533. The Hall–Kier alpha value is -1.31. The molecule has 17 heavy (non-hydrogen) atoms. The molecule has 0 heterocycles. The first-order valence-corrected chi connectivity index (χ1v) is 6.50. The van der Waals surface area contributed by atoms with Crippen LogP contribution in [0.25, 0.3) is 0 Å². The van der Waals surface area contributed by atoms with Crippen LogP contribution in [0.1, 0.15) is 36.5 Å². The van der Waals surface area contributed by atoms with Crippen molar-refractivity contribution in [3.63, 3.8) is 0 Å². The van der Waals surface area contributed by atoms with E-state index in [9.17, 15) is 4.79 Å². The summed E-state index contributed by atoms with van der Waals surface area (Å²) in [5.41, 5.74) is 0.670. The monoisotopic (exact) mass is 230 g/mol. The number of fused-ring (bicyclic) bond motifs is 2. The molecule has 0 spiro atoms. The van der Waals surface area contributed by atoms with Crippen LogP contribution in [-0.4, -0.2) is 12.1 Å². The van der Waals surface area contributed by atoms with E-state index in [1.807, 2.05) is 30.3 Å². The Bertz CT molecular complexity index is 410. The van der Waals surface area contributed by atoms with E-state index in [0.29, 0.717) is 11.5 Å². The van der Waals surface area contributed by atoms with Crippen LogP contribution in [0.3, 0.4) is 0 Å². The van der Waals surface area contributed by atoms with Crippen molar-refractivity contribution in [2.75, 3.05) is 0 Å². The van der Waals surface area contributed by atoms with Crippen LogP contribution in [0.15, 0.2) is 30.3 Å². The highest BCUT2D eigenvalue weighted by Gasteiger charge is 2.45. The van der Waals surface area contributed by atoms with Gasteiger partial charge in [0.05, 0.1) is 5.56 Å². The maximum absolute atomic E-state index is 11.9. The fourth-order valence-electron chi connectivity index (χ4n) is 3.43. The number of rotatable bonds is 2. The third-order valence-electron chi connectivity index (χ3n) is 4.41. The van der Waals surface area contributed by atoms with Gasteiger partial charge in [0.2, 0.25) is 0 Å². The molecule has 0 aliphatic heterocycles. The molecular weight excluding hydrogens is 212 g/mol. The second kappa shape index (κ2) is 4.17. The van der Waals surface area contributed by atoms with Crippen LogP contribution in [0.5, 0.6) is 0 Å². The topological polar surface area (TPSA) is 26.3 Å². The van der Waals surface area contributed by atoms with Gasteiger partial charge in [-0.25, -0.2) is 4.79 Å². The van der Waals surface area contributed by atoms with Gasteiger partial charge >= 0.3 is 5.97 Å². The molecule has 2 nitrogen and oxygen atoms in total. The van der Waals surface area contributed by atoms with Gasteiger partial charge in [0.1, 0.15) is 6.10 Å². The first-order chi connectivity index (χ1) is 8.24. The molecule has 0 amide bonds. The molecule has 1 aromatic carbocycles. The average Bonchev–Trinajstić information content (AvgIpc) is 2.89. The van der Waals surface area contributed by atoms with Crippen molar-refractivity contribution in [3.8, 4) is 0 Å². The molecule has 0 aromatic heterocycles. The lowest BCUT2D eigenvalue weighted by Crippen LogP contribution is -2.26. The van der Waals surface area contributed by atoms with Crippen molar-refractivity contribution in [2.24, 2.45) is 17.8 Å². The van der Waals surface area contributed by atoms with Gasteiger partial charge in [-0.1, -0.05) is 25.1 Å². The zero-order chi connectivity index (χ0) is 11.8. The summed E-state index contributed by atoms with van der Waals surface area (Å²) in [6.07, 6.45) is 3.74. The summed E-state index contributed by atoms with van der Waals surface area (Å²) in [5, 5.41) is 0. The van der Waals surface area contributed by atoms with Crippen molar-refractivity contribution < 1.29 is 9.53 Å². The molecular formula is C15H18O2. The lowest BCUT2D eigenvalue weighted by Gasteiger charge is -2.25. The molecule has 2 bridgehead atoms. The lowest BCUT2D eigenvalue weighted by molar-refractivity contribution is 0.0122. The third-order valence-corrected chi connectivity index (χ3v) is 4.41. The SMILES string of the molecule is CC1CC2CC1CC2OC(=O)c1ccccc1. The molecule has 2 saturated carbocycles. The summed E-state index contributed by atoms with van der Waals surface area (Å²) in [6, 6.07) is 9.30. The first kappa shape index (κ1) is 10.8. The highest BCUT2D eigenvalue weighted by Crippen LogP contribution is 2.49. The summed E-state index contributed by atoms with van der Waals surface area (Å²) in [5.74, 6) is 2.07. The van der Waals surface area contributed by atoms with E-state index in [1.54, 1.807) is 0 Å². The zero-order valence-electron chi connectivity index (χ0n) is 10.1. The second-order valence-electron chi connectivity index (χ2n) is 5.51. The normalized spacial score (nSPS) is 34.9. The van der Waals surface area contributed by atoms with Gasteiger partial charge in [-0.3, -0.25) is 0 Å². The summed E-state index contributed by atoms with van der Waals surface area (Å²) in [4.78, 5) is 11.9. The van der Waals surface area contributed by atoms with Crippen LogP contribution in [0.2, 0.25) is 0 Å². The molecule has 2 fully saturated rings.